The van der Waals surface area contributed by atoms with Crippen LogP contribution in [-0.4, -0.2) is 36.0 Å². The van der Waals surface area contributed by atoms with Crippen molar-refractivity contribution < 1.29 is 21.6 Å². The Morgan fingerprint density at radius 1 is 0.927 bits per heavy atom. The summed E-state index contributed by atoms with van der Waals surface area (Å²) in [5.74, 6) is -3.28. The van der Waals surface area contributed by atoms with Crippen LogP contribution in [0.2, 0.25) is 0 Å². The average Bonchev–Trinajstić information content (AvgIpc) is 3.39. The van der Waals surface area contributed by atoms with Gasteiger partial charge in [-0.3, -0.25) is 4.72 Å². The van der Waals surface area contributed by atoms with Gasteiger partial charge in [0.25, 0.3) is 10.0 Å². The summed E-state index contributed by atoms with van der Waals surface area (Å²) in [6, 6.07) is 17.4. The van der Waals surface area contributed by atoms with Crippen LogP contribution in [0.5, 0.6) is 0 Å². The van der Waals surface area contributed by atoms with Gasteiger partial charge in [-0.2, -0.15) is 0 Å². The second-order valence-electron chi connectivity index (χ2n) is 9.01. The fourth-order valence-electron chi connectivity index (χ4n) is 3.93. The Hall–Kier alpha value is -4.33. The van der Waals surface area contributed by atoms with Crippen molar-refractivity contribution in [3.63, 3.8) is 0 Å². The topological polar surface area (TPSA) is 123 Å². The number of anilines is 2. The van der Waals surface area contributed by atoms with E-state index in [-0.39, 0.29) is 17.3 Å². The number of nitrogens with zero attached hydrogens (tertiary/aromatic N) is 3. The molecule has 0 aliphatic heterocycles. The molecule has 4 N–H and O–H groups in total. The molecule has 0 spiro atoms. The van der Waals surface area contributed by atoms with E-state index in [4.69, 9.17) is 10.7 Å². The van der Waals surface area contributed by atoms with Crippen molar-refractivity contribution in [2.75, 3.05) is 16.6 Å². The van der Waals surface area contributed by atoms with E-state index >= 15 is 4.39 Å². The maximum atomic E-state index is 16.0. The number of benzene rings is 3. The zero-order valence-corrected chi connectivity index (χ0v) is 23.1. The molecule has 8 nitrogen and oxygen atoms in total. The second kappa shape index (κ2) is 11.6. The number of sulfonamides is 1. The first-order valence-corrected chi connectivity index (χ1v) is 14.6. The van der Waals surface area contributed by atoms with E-state index in [2.05, 4.69) is 15.3 Å². The summed E-state index contributed by atoms with van der Waals surface area (Å²) >= 11 is 1.26. The standard InChI is InChI=1S/C28H23F3N6O2S2/c1-16(32)15-34-28-33-14-13-22(35-28)25-24(36-27(40-25)17-7-3-2-4-8-17)18-9-5-12-21(23(18)31)37-41(38,39)26-19(29)10-6-11-20(26)30/h2-14,16,37H,15,32H2,1H3,(H,33,34,35)/t16-/m0/s1. The fourth-order valence-corrected chi connectivity index (χ4v) is 6.19. The van der Waals surface area contributed by atoms with Gasteiger partial charge >= 0.3 is 0 Å². The third-order valence-electron chi connectivity index (χ3n) is 5.80. The number of thiazole rings is 1. The second-order valence-corrected chi connectivity index (χ2v) is 11.6. The maximum Gasteiger partial charge on any atom is 0.267 e. The van der Waals surface area contributed by atoms with Crippen LogP contribution in [-0.2, 0) is 10.0 Å². The van der Waals surface area contributed by atoms with Gasteiger partial charge < -0.3 is 11.1 Å². The molecule has 0 fully saturated rings. The van der Waals surface area contributed by atoms with Crippen LogP contribution in [0.4, 0.5) is 24.8 Å². The highest BCUT2D eigenvalue weighted by Gasteiger charge is 2.27. The van der Waals surface area contributed by atoms with Gasteiger partial charge in [-0.1, -0.05) is 42.5 Å². The molecule has 0 aliphatic rings. The third kappa shape index (κ3) is 6.06. The lowest BCUT2D eigenvalue weighted by Gasteiger charge is -2.13. The maximum absolute atomic E-state index is 16.0. The summed E-state index contributed by atoms with van der Waals surface area (Å²) < 4.78 is 72.2. The lowest BCUT2D eigenvalue weighted by Crippen LogP contribution is -2.25. The number of rotatable bonds is 9. The van der Waals surface area contributed by atoms with Crippen LogP contribution >= 0.6 is 11.3 Å². The van der Waals surface area contributed by atoms with Gasteiger partial charge in [0.05, 0.1) is 22.0 Å². The number of aromatic nitrogens is 3. The number of nitrogens with two attached hydrogens (primary N) is 1. The lowest BCUT2D eigenvalue weighted by molar-refractivity contribution is 0.521. The summed E-state index contributed by atoms with van der Waals surface area (Å²) in [6.07, 6.45) is 1.54. The largest absolute Gasteiger partial charge is 0.353 e. The number of halogens is 3. The Labute approximate surface area is 238 Å². The number of nitrogens with one attached hydrogen (secondary N) is 2. The minimum absolute atomic E-state index is 0.0451. The first-order chi connectivity index (χ1) is 19.6. The van der Waals surface area contributed by atoms with Gasteiger partial charge in [0.1, 0.15) is 16.6 Å². The molecule has 13 heteroatoms. The van der Waals surface area contributed by atoms with Crippen molar-refractivity contribution in [3.8, 4) is 32.4 Å². The average molecular weight is 597 g/mol. The first-order valence-electron chi connectivity index (χ1n) is 12.3. The van der Waals surface area contributed by atoms with Crippen LogP contribution in [0.15, 0.2) is 83.9 Å². The van der Waals surface area contributed by atoms with Gasteiger partial charge in [0.2, 0.25) is 5.95 Å². The molecule has 2 aromatic heterocycles. The monoisotopic (exact) mass is 596 g/mol. The summed E-state index contributed by atoms with van der Waals surface area (Å²) in [4.78, 5) is 12.7. The minimum atomic E-state index is -4.81. The quantitative estimate of drug-likeness (QED) is 0.193. The van der Waals surface area contributed by atoms with Crippen LogP contribution in [0.25, 0.3) is 32.4 Å². The molecule has 0 saturated heterocycles. The van der Waals surface area contributed by atoms with Crippen LogP contribution < -0.4 is 15.8 Å². The van der Waals surface area contributed by atoms with Gasteiger partial charge in [-0.15, -0.1) is 11.3 Å². The van der Waals surface area contributed by atoms with Crippen molar-refractivity contribution in [2.24, 2.45) is 5.73 Å². The Balaban J connectivity index is 1.61. The molecule has 0 radical (unpaired) electrons. The van der Waals surface area contributed by atoms with E-state index < -0.39 is 38.1 Å². The summed E-state index contributed by atoms with van der Waals surface area (Å²) in [6.45, 7) is 2.25. The molecule has 210 valence electrons. The van der Waals surface area contributed by atoms with Gasteiger partial charge in [0, 0.05) is 29.9 Å². The van der Waals surface area contributed by atoms with Crippen molar-refractivity contribution in [1.29, 1.82) is 0 Å². The molecule has 0 unspecified atom stereocenters. The van der Waals surface area contributed by atoms with Gasteiger partial charge in [0.15, 0.2) is 10.7 Å². The van der Waals surface area contributed by atoms with Gasteiger partial charge in [-0.05, 0) is 37.3 Å². The summed E-state index contributed by atoms with van der Waals surface area (Å²) in [5.41, 5.74) is 6.70. The molecule has 5 rings (SSSR count). The predicted octanol–water partition coefficient (Wildman–Crippen LogP) is 5.91. The van der Waals surface area contributed by atoms with E-state index in [0.717, 1.165) is 29.8 Å². The van der Waals surface area contributed by atoms with E-state index in [1.807, 2.05) is 42.0 Å². The molecule has 1 atom stereocenters. The Morgan fingerprint density at radius 3 is 2.34 bits per heavy atom. The molecular formula is C28H23F3N6O2S2. The molecule has 41 heavy (non-hydrogen) atoms. The third-order valence-corrected chi connectivity index (χ3v) is 8.35. The Kier molecular flexibility index (Phi) is 8.01. The highest BCUT2D eigenvalue weighted by Crippen LogP contribution is 2.42. The van der Waals surface area contributed by atoms with E-state index in [9.17, 15) is 17.2 Å². The Morgan fingerprint density at radius 2 is 1.63 bits per heavy atom. The Bertz CT molecular complexity index is 1800. The molecule has 2 heterocycles. The predicted molar refractivity (Wildman–Crippen MR) is 153 cm³/mol. The summed E-state index contributed by atoms with van der Waals surface area (Å²) in [7, 11) is -4.81. The van der Waals surface area contributed by atoms with E-state index in [0.29, 0.717) is 28.1 Å². The van der Waals surface area contributed by atoms with Gasteiger partial charge in [-0.25, -0.2) is 36.5 Å². The zero-order chi connectivity index (χ0) is 29.1. The molecule has 0 bridgehead atoms. The molecule has 0 saturated carbocycles. The highest BCUT2D eigenvalue weighted by molar-refractivity contribution is 7.92. The number of hydrogen-bond donors (Lipinski definition) is 3. The van der Waals surface area contributed by atoms with E-state index in [1.54, 1.807) is 12.3 Å². The van der Waals surface area contributed by atoms with Crippen LogP contribution in [0, 0.1) is 17.5 Å². The first kappa shape index (κ1) is 28.2. The lowest BCUT2D eigenvalue weighted by atomic mass is 10.1. The molecule has 5 aromatic rings. The smallest absolute Gasteiger partial charge is 0.267 e. The SMILES string of the molecule is C[C@H](N)CNc1nccc(-c2sc(-c3ccccc3)nc2-c2cccc(NS(=O)(=O)c3c(F)cccc3F)c2F)n1. The normalized spacial score (nSPS) is 12.2. The van der Waals surface area contributed by atoms with Crippen molar-refractivity contribution in [2.45, 2.75) is 17.9 Å². The van der Waals surface area contributed by atoms with Crippen molar-refractivity contribution >= 4 is 33.0 Å². The molecular weight excluding hydrogens is 573 g/mol. The minimum Gasteiger partial charge on any atom is -0.353 e. The molecule has 3 aromatic carbocycles. The molecule has 0 aliphatic carbocycles. The zero-order valence-electron chi connectivity index (χ0n) is 21.5. The highest BCUT2D eigenvalue weighted by atomic mass is 32.2. The van der Waals surface area contributed by atoms with Crippen molar-refractivity contribution in [1.82, 2.24) is 15.0 Å². The van der Waals surface area contributed by atoms with Crippen molar-refractivity contribution in [3.05, 3.63) is 96.4 Å². The fraction of sp³-hybridized carbons (Fsp3) is 0.107. The van der Waals surface area contributed by atoms with E-state index in [1.165, 1.54) is 23.5 Å². The number of hydrogen-bond acceptors (Lipinski definition) is 8. The van der Waals surface area contributed by atoms with Crippen LogP contribution in [0.3, 0.4) is 0 Å². The summed E-state index contributed by atoms with van der Waals surface area (Å²) in [5, 5.41) is 3.62. The molecule has 0 amide bonds. The van der Waals surface area contributed by atoms with Crippen LogP contribution in [0.1, 0.15) is 6.92 Å².